The summed E-state index contributed by atoms with van der Waals surface area (Å²) < 4.78 is 5.48. The minimum Gasteiger partial charge on any atom is -0.386 e. The quantitative estimate of drug-likeness (QED) is 0.719. The van der Waals surface area contributed by atoms with Gasteiger partial charge in [-0.3, -0.25) is 10.1 Å². The second kappa shape index (κ2) is 4.65. The number of nitrogens with one attached hydrogen (secondary N) is 1. The first-order valence-corrected chi connectivity index (χ1v) is 6.90. The van der Waals surface area contributed by atoms with Crippen LogP contribution in [-0.4, -0.2) is 26.9 Å². The number of H-pyrrole nitrogens is 1. The molecule has 0 amide bonds. The van der Waals surface area contributed by atoms with Crippen LogP contribution >= 0.6 is 0 Å². The maximum absolute atomic E-state index is 10.0. The van der Waals surface area contributed by atoms with Gasteiger partial charge in [-0.25, -0.2) is 0 Å². The lowest BCUT2D eigenvalue weighted by atomic mass is 9.93. The molecule has 0 bridgehead atoms. The summed E-state index contributed by atoms with van der Waals surface area (Å²) in [5, 5.41) is 18.3. The molecule has 5 heteroatoms. The van der Waals surface area contributed by atoms with E-state index < -0.39 is 6.10 Å². The highest BCUT2D eigenvalue weighted by Gasteiger charge is 2.22. The molecule has 0 saturated carbocycles. The van der Waals surface area contributed by atoms with Gasteiger partial charge in [0.05, 0.1) is 24.9 Å². The zero-order valence-electron chi connectivity index (χ0n) is 11.6. The highest BCUT2D eigenvalue weighted by Crippen LogP contribution is 2.34. The molecule has 1 aliphatic rings. The second-order valence-electron chi connectivity index (χ2n) is 5.41. The third-order valence-corrected chi connectivity index (χ3v) is 4.05. The molecule has 21 heavy (non-hydrogen) atoms. The average molecular weight is 281 g/mol. The van der Waals surface area contributed by atoms with Crippen LogP contribution in [0.4, 0.5) is 0 Å². The topological polar surface area (TPSA) is 71.0 Å². The number of aliphatic hydroxyl groups is 1. The summed E-state index contributed by atoms with van der Waals surface area (Å²) in [5.74, 6) is 0. The van der Waals surface area contributed by atoms with Crippen LogP contribution in [0.2, 0.25) is 0 Å². The number of aromatic amines is 1. The Morgan fingerprint density at radius 2 is 2.19 bits per heavy atom. The molecule has 0 aliphatic carbocycles. The van der Waals surface area contributed by atoms with E-state index in [9.17, 15) is 5.11 Å². The Morgan fingerprint density at radius 1 is 1.29 bits per heavy atom. The SMILES string of the molecule is Cc1cc(-c2cncc3c2COCC3O)cc2[nH]ncc12. The Kier molecular flexibility index (Phi) is 2.77. The van der Waals surface area contributed by atoms with Crippen molar-refractivity contribution < 1.29 is 9.84 Å². The van der Waals surface area contributed by atoms with Crippen LogP contribution in [0.25, 0.3) is 22.0 Å². The molecule has 0 fully saturated rings. The Morgan fingerprint density at radius 3 is 3.10 bits per heavy atom. The fourth-order valence-corrected chi connectivity index (χ4v) is 2.95. The molecule has 0 saturated heterocycles. The van der Waals surface area contributed by atoms with Gasteiger partial charge in [0.2, 0.25) is 0 Å². The van der Waals surface area contributed by atoms with Gasteiger partial charge in [0.25, 0.3) is 0 Å². The predicted octanol–water partition coefficient (Wildman–Crippen LogP) is 2.50. The molecule has 0 spiro atoms. The molecule has 3 aromatic rings. The molecule has 106 valence electrons. The van der Waals surface area contributed by atoms with E-state index in [0.717, 1.165) is 38.7 Å². The van der Waals surface area contributed by atoms with E-state index in [1.54, 1.807) is 6.20 Å². The van der Waals surface area contributed by atoms with Crippen molar-refractivity contribution in [2.24, 2.45) is 0 Å². The van der Waals surface area contributed by atoms with E-state index in [2.05, 4.69) is 34.2 Å². The molecule has 2 N–H and O–H groups in total. The number of benzene rings is 1. The number of ether oxygens (including phenoxy) is 1. The first kappa shape index (κ1) is 12.5. The van der Waals surface area contributed by atoms with Crippen molar-refractivity contribution in [2.45, 2.75) is 19.6 Å². The van der Waals surface area contributed by atoms with Crippen molar-refractivity contribution in [2.75, 3.05) is 6.61 Å². The van der Waals surface area contributed by atoms with Crippen molar-refractivity contribution in [3.8, 4) is 11.1 Å². The monoisotopic (exact) mass is 281 g/mol. The van der Waals surface area contributed by atoms with E-state index >= 15 is 0 Å². The zero-order chi connectivity index (χ0) is 14.4. The standard InChI is InChI=1S/C16H15N3O2/c1-9-2-10(3-15-11(9)6-18-19-15)12-4-17-5-13-14(12)7-21-8-16(13)20/h2-6,16,20H,7-8H2,1H3,(H,18,19). The first-order valence-electron chi connectivity index (χ1n) is 6.90. The number of aliphatic hydroxyl groups excluding tert-OH is 1. The minimum absolute atomic E-state index is 0.330. The molecule has 5 nitrogen and oxygen atoms in total. The summed E-state index contributed by atoms with van der Waals surface area (Å²) in [6.07, 6.45) is 4.79. The van der Waals surface area contributed by atoms with Crippen LogP contribution < -0.4 is 0 Å². The zero-order valence-corrected chi connectivity index (χ0v) is 11.6. The maximum atomic E-state index is 10.0. The number of fused-ring (bicyclic) bond motifs is 2. The Labute approximate surface area is 121 Å². The largest absolute Gasteiger partial charge is 0.386 e. The normalized spacial score (nSPS) is 17.9. The highest BCUT2D eigenvalue weighted by atomic mass is 16.5. The first-order chi connectivity index (χ1) is 10.2. The predicted molar refractivity (Wildman–Crippen MR) is 78.7 cm³/mol. The van der Waals surface area contributed by atoms with Gasteiger partial charge in [-0.05, 0) is 29.7 Å². The molecule has 1 aliphatic heterocycles. The number of aromatic nitrogens is 3. The summed E-state index contributed by atoms with van der Waals surface area (Å²) in [6.45, 7) is 2.90. The van der Waals surface area contributed by atoms with E-state index in [4.69, 9.17) is 4.74 Å². The summed E-state index contributed by atoms with van der Waals surface area (Å²) in [5.41, 5.74) is 6.10. The third-order valence-electron chi connectivity index (χ3n) is 4.05. The number of rotatable bonds is 1. The van der Waals surface area contributed by atoms with Crippen LogP contribution in [-0.2, 0) is 11.3 Å². The smallest absolute Gasteiger partial charge is 0.104 e. The highest BCUT2D eigenvalue weighted by molar-refractivity contribution is 5.87. The summed E-state index contributed by atoms with van der Waals surface area (Å²) >= 11 is 0. The molecular weight excluding hydrogens is 266 g/mol. The van der Waals surface area contributed by atoms with Gasteiger partial charge in [0.15, 0.2) is 0 Å². The van der Waals surface area contributed by atoms with Gasteiger partial charge in [-0.1, -0.05) is 6.07 Å². The number of nitrogens with zero attached hydrogens (tertiary/aromatic N) is 2. The Balaban J connectivity index is 1.94. The minimum atomic E-state index is -0.599. The van der Waals surface area contributed by atoms with Crippen LogP contribution in [0.3, 0.4) is 0 Å². The van der Waals surface area contributed by atoms with Gasteiger partial charge >= 0.3 is 0 Å². The maximum Gasteiger partial charge on any atom is 0.104 e. The fourth-order valence-electron chi connectivity index (χ4n) is 2.95. The molecule has 1 unspecified atom stereocenters. The van der Waals surface area contributed by atoms with Crippen molar-refractivity contribution in [1.82, 2.24) is 15.2 Å². The summed E-state index contributed by atoms with van der Waals surface area (Å²) in [4.78, 5) is 4.28. The lowest BCUT2D eigenvalue weighted by molar-refractivity contribution is 0.00981. The van der Waals surface area contributed by atoms with E-state index in [1.165, 1.54) is 0 Å². The average Bonchev–Trinajstić information content (AvgIpc) is 2.96. The summed E-state index contributed by atoms with van der Waals surface area (Å²) in [7, 11) is 0. The van der Waals surface area contributed by atoms with Crippen LogP contribution in [0.1, 0.15) is 22.8 Å². The molecule has 4 rings (SSSR count). The van der Waals surface area contributed by atoms with Crippen molar-refractivity contribution in [3.63, 3.8) is 0 Å². The van der Waals surface area contributed by atoms with Crippen molar-refractivity contribution in [1.29, 1.82) is 0 Å². The third kappa shape index (κ3) is 1.93. The number of hydrogen-bond donors (Lipinski definition) is 2. The lowest BCUT2D eigenvalue weighted by Crippen LogP contribution is -2.17. The summed E-state index contributed by atoms with van der Waals surface area (Å²) in [6, 6.07) is 4.18. The Hall–Kier alpha value is -2.24. The second-order valence-corrected chi connectivity index (χ2v) is 5.41. The van der Waals surface area contributed by atoms with Gasteiger partial charge in [0.1, 0.15) is 6.10 Å². The van der Waals surface area contributed by atoms with Crippen LogP contribution in [0, 0.1) is 6.92 Å². The lowest BCUT2D eigenvalue weighted by Gasteiger charge is -2.23. The Bertz CT molecular complexity index is 826. The van der Waals surface area contributed by atoms with Crippen LogP contribution in [0.5, 0.6) is 0 Å². The molecule has 1 atom stereocenters. The molecule has 3 heterocycles. The molecule has 1 aromatic carbocycles. The van der Waals surface area contributed by atoms with Crippen LogP contribution in [0.15, 0.2) is 30.7 Å². The molecule has 0 radical (unpaired) electrons. The number of hydrogen-bond acceptors (Lipinski definition) is 4. The fraction of sp³-hybridized carbons (Fsp3) is 0.250. The molecule has 2 aromatic heterocycles. The molecular formula is C16H15N3O2. The van der Waals surface area contributed by atoms with Crippen molar-refractivity contribution >= 4 is 10.9 Å². The van der Waals surface area contributed by atoms with Crippen molar-refractivity contribution in [3.05, 3.63) is 47.4 Å². The number of aryl methyl sites for hydroxylation is 1. The van der Waals surface area contributed by atoms with Gasteiger partial charge < -0.3 is 9.84 Å². The van der Waals surface area contributed by atoms with E-state index in [0.29, 0.717) is 13.2 Å². The van der Waals surface area contributed by atoms with Gasteiger partial charge in [-0.15, -0.1) is 0 Å². The van der Waals surface area contributed by atoms with E-state index in [-0.39, 0.29) is 0 Å². The van der Waals surface area contributed by atoms with Gasteiger partial charge in [0, 0.05) is 28.9 Å². The van der Waals surface area contributed by atoms with E-state index in [1.807, 2.05) is 12.4 Å². The number of pyridine rings is 1. The van der Waals surface area contributed by atoms with Gasteiger partial charge in [-0.2, -0.15) is 5.10 Å².